The fraction of sp³-hybridized carbons (Fsp3) is 0.375. The highest BCUT2D eigenvalue weighted by atomic mass is 79.9. The van der Waals surface area contributed by atoms with Crippen LogP contribution in [0.1, 0.15) is 43.7 Å². The van der Waals surface area contributed by atoms with Crippen LogP contribution in [-0.4, -0.2) is 56.6 Å². The Bertz CT molecular complexity index is 1430. The van der Waals surface area contributed by atoms with Crippen LogP contribution in [-0.2, 0) is 32.6 Å². The Hall–Kier alpha value is -3.37. The zero-order valence-electron chi connectivity index (χ0n) is 24.0. The zero-order valence-corrected chi connectivity index (χ0v) is 26.4. The number of amides is 2. The van der Waals surface area contributed by atoms with E-state index in [1.807, 2.05) is 61.5 Å². The molecule has 1 atom stereocenters. The van der Waals surface area contributed by atoms with Gasteiger partial charge in [0.2, 0.25) is 21.8 Å². The monoisotopic (exact) mass is 655 g/mol. The molecule has 0 aliphatic heterocycles. The number of hydrogen-bond donors (Lipinski definition) is 1. The Labute approximate surface area is 257 Å². The molecule has 0 radical (unpaired) electrons. The van der Waals surface area contributed by atoms with Gasteiger partial charge in [0, 0.05) is 23.5 Å². The Morgan fingerprint density at radius 1 is 0.952 bits per heavy atom. The third-order valence-corrected chi connectivity index (χ3v) is 9.02. The first-order valence-corrected chi connectivity index (χ1v) is 16.9. The number of halogens is 1. The molecule has 0 heterocycles. The number of ether oxygens (including phenoxy) is 1. The summed E-state index contributed by atoms with van der Waals surface area (Å²) >= 11 is 3.45. The fourth-order valence-corrected chi connectivity index (χ4v) is 6.31. The SMILES string of the molecule is CCOc1ccc(N(CC(=O)N(Cc2ccc(Br)cc2)[C@H](Cc2ccccc2)C(=O)NC2CCCC2)S(C)(=O)=O)cc1. The lowest BCUT2D eigenvalue weighted by Crippen LogP contribution is -2.54. The lowest BCUT2D eigenvalue weighted by atomic mass is 10.0. The molecule has 0 aromatic heterocycles. The predicted molar refractivity (Wildman–Crippen MR) is 169 cm³/mol. The average Bonchev–Trinajstić information content (AvgIpc) is 3.48. The highest BCUT2D eigenvalue weighted by Crippen LogP contribution is 2.24. The molecular formula is C32H38BrN3O5S. The molecule has 3 aromatic carbocycles. The summed E-state index contributed by atoms with van der Waals surface area (Å²) in [5.74, 6) is -0.104. The molecule has 0 bridgehead atoms. The minimum Gasteiger partial charge on any atom is -0.494 e. The first-order chi connectivity index (χ1) is 20.1. The number of carbonyl (C=O) groups excluding carboxylic acids is 2. The second-order valence-electron chi connectivity index (χ2n) is 10.5. The number of hydrogen-bond acceptors (Lipinski definition) is 5. The van der Waals surface area contributed by atoms with Gasteiger partial charge in [-0.2, -0.15) is 0 Å². The van der Waals surface area contributed by atoms with Crippen LogP contribution in [0.4, 0.5) is 5.69 Å². The Kier molecular flexibility index (Phi) is 11.0. The van der Waals surface area contributed by atoms with E-state index in [0.29, 0.717) is 24.5 Å². The van der Waals surface area contributed by atoms with Gasteiger partial charge >= 0.3 is 0 Å². The maximum absolute atomic E-state index is 14.2. The van der Waals surface area contributed by atoms with Gasteiger partial charge in [0.15, 0.2) is 0 Å². The van der Waals surface area contributed by atoms with Crippen molar-refractivity contribution in [3.63, 3.8) is 0 Å². The van der Waals surface area contributed by atoms with Crippen molar-refractivity contribution in [2.75, 3.05) is 23.7 Å². The highest BCUT2D eigenvalue weighted by Gasteiger charge is 2.34. The quantitative estimate of drug-likeness (QED) is 0.269. The van der Waals surface area contributed by atoms with Crippen molar-refractivity contribution in [2.45, 2.75) is 57.7 Å². The largest absolute Gasteiger partial charge is 0.494 e. The third-order valence-electron chi connectivity index (χ3n) is 7.35. The number of benzene rings is 3. The number of rotatable bonds is 13. The molecule has 1 fully saturated rings. The number of sulfonamides is 1. The second kappa shape index (κ2) is 14.7. The van der Waals surface area contributed by atoms with Crippen LogP contribution in [0.3, 0.4) is 0 Å². The summed E-state index contributed by atoms with van der Waals surface area (Å²) < 4.78 is 33.4. The van der Waals surface area contributed by atoms with Gasteiger partial charge in [-0.3, -0.25) is 13.9 Å². The van der Waals surface area contributed by atoms with E-state index in [1.165, 1.54) is 4.90 Å². The van der Waals surface area contributed by atoms with E-state index in [1.54, 1.807) is 24.3 Å². The lowest BCUT2D eigenvalue weighted by Gasteiger charge is -2.34. The molecule has 42 heavy (non-hydrogen) atoms. The van der Waals surface area contributed by atoms with Gasteiger partial charge in [0.1, 0.15) is 18.3 Å². The molecule has 224 valence electrons. The van der Waals surface area contributed by atoms with Gasteiger partial charge in [-0.15, -0.1) is 0 Å². The van der Waals surface area contributed by atoms with E-state index in [0.717, 1.165) is 51.8 Å². The number of nitrogens with one attached hydrogen (secondary N) is 1. The van der Waals surface area contributed by atoms with E-state index >= 15 is 0 Å². The smallest absolute Gasteiger partial charge is 0.244 e. The molecular weight excluding hydrogens is 618 g/mol. The standard InChI is InChI=1S/C32H38BrN3O5S/c1-3-41-29-19-17-28(18-20-29)36(42(2,39)40)23-31(37)35(22-25-13-15-26(33)16-14-25)30(21-24-9-5-4-6-10-24)32(38)34-27-11-7-8-12-27/h4-6,9-10,13-20,27,30H,3,7-8,11-12,21-23H2,1-2H3,(H,34,38)/t30-/m1/s1. The van der Waals surface area contributed by atoms with Crippen molar-refractivity contribution in [3.05, 3.63) is 94.5 Å². The van der Waals surface area contributed by atoms with E-state index in [9.17, 15) is 18.0 Å². The number of anilines is 1. The van der Waals surface area contributed by atoms with Crippen LogP contribution in [0.15, 0.2) is 83.3 Å². The van der Waals surface area contributed by atoms with Crippen molar-refractivity contribution < 1.29 is 22.7 Å². The van der Waals surface area contributed by atoms with Crippen LogP contribution >= 0.6 is 15.9 Å². The average molecular weight is 657 g/mol. The van der Waals surface area contributed by atoms with Gasteiger partial charge in [-0.25, -0.2) is 8.42 Å². The molecule has 4 rings (SSSR count). The van der Waals surface area contributed by atoms with Crippen LogP contribution in [0.5, 0.6) is 5.75 Å². The van der Waals surface area contributed by atoms with Gasteiger partial charge in [0.05, 0.1) is 18.6 Å². The molecule has 8 nitrogen and oxygen atoms in total. The molecule has 2 amide bonds. The molecule has 0 unspecified atom stereocenters. The van der Waals surface area contributed by atoms with Crippen molar-refractivity contribution in [1.82, 2.24) is 10.2 Å². The minimum atomic E-state index is -3.84. The fourth-order valence-electron chi connectivity index (χ4n) is 5.20. The van der Waals surface area contributed by atoms with E-state index in [-0.39, 0.29) is 18.5 Å². The predicted octanol–water partition coefficient (Wildman–Crippen LogP) is 5.31. The van der Waals surface area contributed by atoms with E-state index < -0.39 is 28.5 Å². The van der Waals surface area contributed by atoms with Crippen molar-refractivity contribution >= 4 is 43.5 Å². The minimum absolute atomic E-state index is 0.0665. The molecule has 0 saturated heterocycles. The van der Waals surface area contributed by atoms with Gasteiger partial charge in [-0.1, -0.05) is 71.2 Å². The number of carbonyl (C=O) groups is 2. The van der Waals surface area contributed by atoms with E-state index in [4.69, 9.17) is 4.74 Å². The van der Waals surface area contributed by atoms with Gasteiger partial charge in [0.25, 0.3) is 0 Å². The number of nitrogens with zero attached hydrogens (tertiary/aromatic N) is 2. The first kappa shape index (κ1) is 31.6. The van der Waals surface area contributed by atoms with Crippen LogP contribution in [0.2, 0.25) is 0 Å². The van der Waals surface area contributed by atoms with Crippen LogP contribution in [0.25, 0.3) is 0 Å². The third kappa shape index (κ3) is 8.82. The Morgan fingerprint density at radius 3 is 2.19 bits per heavy atom. The maximum atomic E-state index is 14.2. The van der Waals surface area contributed by atoms with Crippen LogP contribution < -0.4 is 14.4 Å². The topological polar surface area (TPSA) is 96.0 Å². The lowest BCUT2D eigenvalue weighted by molar-refractivity contribution is -0.140. The van der Waals surface area contributed by atoms with Crippen LogP contribution in [0, 0.1) is 0 Å². The Balaban J connectivity index is 1.70. The molecule has 1 N–H and O–H groups in total. The summed E-state index contributed by atoms with van der Waals surface area (Å²) in [6.45, 7) is 2.03. The van der Waals surface area contributed by atoms with Crippen molar-refractivity contribution in [2.24, 2.45) is 0 Å². The Morgan fingerprint density at radius 2 is 1.60 bits per heavy atom. The van der Waals surface area contributed by atoms with Crippen molar-refractivity contribution in [3.8, 4) is 5.75 Å². The molecule has 1 saturated carbocycles. The summed E-state index contributed by atoms with van der Waals surface area (Å²) in [5, 5.41) is 3.18. The molecule has 3 aromatic rings. The van der Waals surface area contributed by atoms with Crippen molar-refractivity contribution in [1.29, 1.82) is 0 Å². The summed E-state index contributed by atoms with van der Waals surface area (Å²) in [4.78, 5) is 29.6. The normalized spacial score (nSPS) is 14.3. The summed E-state index contributed by atoms with van der Waals surface area (Å²) in [5.41, 5.74) is 2.07. The molecule has 1 aliphatic carbocycles. The summed E-state index contributed by atoms with van der Waals surface area (Å²) in [6, 6.07) is 22.9. The zero-order chi connectivity index (χ0) is 30.1. The maximum Gasteiger partial charge on any atom is 0.244 e. The second-order valence-corrected chi connectivity index (χ2v) is 13.4. The molecule has 10 heteroatoms. The first-order valence-electron chi connectivity index (χ1n) is 14.2. The molecule has 0 spiro atoms. The van der Waals surface area contributed by atoms with Gasteiger partial charge < -0.3 is 15.0 Å². The molecule has 1 aliphatic rings. The highest BCUT2D eigenvalue weighted by molar-refractivity contribution is 9.10. The van der Waals surface area contributed by atoms with Gasteiger partial charge in [-0.05, 0) is 67.3 Å². The summed E-state index contributed by atoms with van der Waals surface area (Å²) in [6.07, 6.45) is 5.30. The van der Waals surface area contributed by atoms with E-state index in [2.05, 4.69) is 21.2 Å². The summed E-state index contributed by atoms with van der Waals surface area (Å²) in [7, 11) is -3.84.